The molecule has 4 rings (SSSR count). The second-order valence-corrected chi connectivity index (χ2v) is 7.88. The molecule has 7 heteroatoms. The van der Waals surface area contributed by atoms with Crippen molar-refractivity contribution in [3.63, 3.8) is 0 Å². The Morgan fingerprint density at radius 2 is 2.06 bits per heavy atom. The minimum absolute atomic E-state index is 0.0585. The van der Waals surface area contributed by atoms with Crippen LogP contribution in [0, 0.1) is 18.7 Å². The summed E-state index contributed by atoms with van der Waals surface area (Å²) >= 11 is 0. The van der Waals surface area contributed by atoms with Crippen molar-refractivity contribution in [2.75, 3.05) is 11.4 Å². The van der Waals surface area contributed by atoms with Crippen molar-refractivity contribution in [3.8, 4) is 11.3 Å². The standard InChI is InChI=1S/C24H25FN4O2/c1-3-19(23-26-13-20(27-23)16-7-5-4-6-8-16)28-24(31)17-12-22(30)29(14-17)21-10-9-15(2)11-18(21)25/h4-11,13,17,19H,3,12,14H2,1-2H3,(H,26,27)(H,28,31). The first-order valence-corrected chi connectivity index (χ1v) is 10.4. The molecule has 2 unspecified atom stereocenters. The van der Waals surface area contributed by atoms with E-state index in [9.17, 15) is 14.0 Å². The predicted octanol–water partition coefficient (Wildman–Crippen LogP) is 4.14. The lowest BCUT2D eigenvalue weighted by molar-refractivity contribution is -0.127. The van der Waals surface area contributed by atoms with Crippen molar-refractivity contribution < 1.29 is 14.0 Å². The second-order valence-electron chi connectivity index (χ2n) is 7.88. The van der Waals surface area contributed by atoms with Crippen LogP contribution in [0.1, 0.15) is 37.2 Å². The molecule has 1 fully saturated rings. The van der Waals surface area contributed by atoms with Gasteiger partial charge < -0.3 is 15.2 Å². The molecular formula is C24H25FN4O2. The average Bonchev–Trinajstić information content (AvgIpc) is 3.40. The molecule has 0 bridgehead atoms. The van der Waals surface area contributed by atoms with Gasteiger partial charge in [-0.05, 0) is 36.6 Å². The number of hydrogen-bond acceptors (Lipinski definition) is 3. The van der Waals surface area contributed by atoms with Crippen molar-refractivity contribution in [2.45, 2.75) is 32.7 Å². The predicted molar refractivity (Wildman–Crippen MR) is 117 cm³/mol. The van der Waals surface area contributed by atoms with Gasteiger partial charge in [0.05, 0.1) is 29.5 Å². The van der Waals surface area contributed by atoms with Crippen molar-refractivity contribution >= 4 is 17.5 Å². The fourth-order valence-corrected chi connectivity index (χ4v) is 3.88. The van der Waals surface area contributed by atoms with E-state index in [0.717, 1.165) is 16.8 Å². The van der Waals surface area contributed by atoms with Crippen molar-refractivity contribution in [3.05, 3.63) is 71.9 Å². The van der Waals surface area contributed by atoms with Gasteiger partial charge >= 0.3 is 0 Å². The van der Waals surface area contributed by atoms with E-state index in [-0.39, 0.29) is 36.5 Å². The van der Waals surface area contributed by atoms with Crippen LogP contribution in [0.4, 0.5) is 10.1 Å². The lowest BCUT2D eigenvalue weighted by atomic mass is 10.1. The van der Waals surface area contributed by atoms with Crippen molar-refractivity contribution in [2.24, 2.45) is 5.92 Å². The number of rotatable bonds is 6. The fourth-order valence-electron chi connectivity index (χ4n) is 3.88. The number of benzene rings is 2. The molecule has 160 valence electrons. The summed E-state index contributed by atoms with van der Waals surface area (Å²) in [5.41, 5.74) is 2.89. The molecule has 0 saturated carbocycles. The van der Waals surface area contributed by atoms with Gasteiger partial charge in [-0.1, -0.05) is 43.3 Å². The molecule has 2 aromatic carbocycles. The maximum Gasteiger partial charge on any atom is 0.227 e. The van der Waals surface area contributed by atoms with Crippen LogP contribution in [0.5, 0.6) is 0 Å². The number of halogens is 1. The first-order valence-electron chi connectivity index (χ1n) is 10.4. The number of anilines is 1. The van der Waals surface area contributed by atoms with Crippen molar-refractivity contribution in [1.82, 2.24) is 15.3 Å². The number of imidazole rings is 1. The maximum atomic E-state index is 14.3. The average molecular weight is 420 g/mol. The molecule has 1 saturated heterocycles. The van der Waals surface area contributed by atoms with Crippen LogP contribution < -0.4 is 10.2 Å². The third-order valence-corrected chi connectivity index (χ3v) is 5.62. The van der Waals surface area contributed by atoms with Gasteiger partial charge in [0.2, 0.25) is 11.8 Å². The summed E-state index contributed by atoms with van der Waals surface area (Å²) in [4.78, 5) is 34.5. The number of aromatic amines is 1. The topological polar surface area (TPSA) is 78.1 Å². The number of nitrogens with one attached hydrogen (secondary N) is 2. The van der Waals surface area contributed by atoms with Crippen LogP contribution in [-0.2, 0) is 9.59 Å². The SMILES string of the molecule is CCC(NC(=O)C1CC(=O)N(c2ccc(C)cc2F)C1)c1ncc(-c2ccccc2)[nH]1. The van der Waals surface area contributed by atoms with E-state index in [2.05, 4.69) is 15.3 Å². The third kappa shape index (κ3) is 4.35. The van der Waals surface area contributed by atoms with Crippen LogP contribution in [0.25, 0.3) is 11.3 Å². The monoisotopic (exact) mass is 420 g/mol. The summed E-state index contributed by atoms with van der Waals surface area (Å²) in [5.74, 6) is -0.802. The Labute approximate surface area is 180 Å². The zero-order chi connectivity index (χ0) is 22.0. The summed E-state index contributed by atoms with van der Waals surface area (Å²) in [6.07, 6.45) is 2.45. The molecule has 1 aliphatic heterocycles. The van der Waals surface area contributed by atoms with Gasteiger partial charge in [0.1, 0.15) is 11.6 Å². The smallest absolute Gasteiger partial charge is 0.227 e. The fraction of sp³-hybridized carbons (Fsp3) is 0.292. The normalized spacial score (nSPS) is 17.1. The number of aryl methyl sites for hydroxylation is 1. The quantitative estimate of drug-likeness (QED) is 0.629. The molecule has 6 nitrogen and oxygen atoms in total. The van der Waals surface area contributed by atoms with Gasteiger partial charge in [-0.15, -0.1) is 0 Å². The molecule has 0 spiro atoms. The minimum Gasteiger partial charge on any atom is -0.346 e. The zero-order valence-corrected chi connectivity index (χ0v) is 17.6. The highest BCUT2D eigenvalue weighted by molar-refractivity contribution is 6.00. The van der Waals surface area contributed by atoms with Crippen LogP contribution in [0.15, 0.2) is 54.7 Å². The molecule has 3 aromatic rings. The molecule has 2 N–H and O–H groups in total. The zero-order valence-electron chi connectivity index (χ0n) is 17.6. The first-order chi connectivity index (χ1) is 15.0. The highest BCUT2D eigenvalue weighted by Crippen LogP contribution is 2.29. The third-order valence-electron chi connectivity index (χ3n) is 5.62. The Bertz CT molecular complexity index is 1100. The summed E-state index contributed by atoms with van der Waals surface area (Å²) in [6, 6.07) is 14.3. The molecule has 2 amide bonds. The lowest BCUT2D eigenvalue weighted by Crippen LogP contribution is -2.36. The molecular weight excluding hydrogens is 395 g/mol. The highest BCUT2D eigenvalue weighted by atomic mass is 19.1. The van der Waals surface area contributed by atoms with E-state index in [0.29, 0.717) is 12.2 Å². The number of amides is 2. The Morgan fingerprint density at radius 1 is 1.29 bits per heavy atom. The van der Waals surface area contributed by atoms with Gasteiger partial charge in [0, 0.05) is 13.0 Å². The Morgan fingerprint density at radius 3 is 2.77 bits per heavy atom. The number of nitrogens with zero attached hydrogens (tertiary/aromatic N) is 2. The Kier molecular flexibility index (Phi) is 5.84. The van der Waals surface area contributed by atoms with Crippen LogP contribution in [0.3, 0.4) is 0 Å². The van der Waals surface area contributed by atoms with Crippen molar-refractivity contribution in [1.29, 1.82) is 0 Å². The van der Waals surface area contributed by atoms with E-state index in [1.807, 2.05) is 37.3 Å². The maximum absolute atomic E-state index is 14.3. The van der Waals surface area contributed by atoms with Gasteiger partial charge in [-0.2, -0.15) is 0 Å². The molecule has 0 aliphatic carbocycles. The molecule has 0 radical (unpaired) electrons. The number of carbonyl (C=O) groups is 2. The van der Waals surface area contributed by atoms with E-state index >= 15 is 0 Å². The summed E-state index contributed by atoms with van der Waals surface area (Å²) < 4.78 is 14.3. The highest BCUT2D eigenvalue weighted by Gasteiger charge is 2.37. The van der Waals surface area contributed by atoms with E-state index in [1.54, 1.807) is 25.3 Å². The Hall–Kier alpha value is -3.48. The van der Waals surface area contributed by atoms with Crippen LogP contribution in [0.2, 0.25) is 0 Å². The van der Waals surface area contributed by atoms with E-state index in [4.69, 9.17) is 0 Å². The molecule has 1 aromatic heterocycles. The van der Waals surface area contributed by atoms with Crippen LogP contribution in [-0.4, -0.2) is 28.3 Å². The minimum atomic E-state index is -0.536. The number of carbonyl (C=O) groups excluding carboxylic acids is 2. The second kappa shape index (κ2) is 8.71. The number of aromatic nitrogens is 2. The molecule has 1 aliphatic rings. The van der Waals surface area contributed by atoms with E-state index in [1.165, 1.54) is 11.0 Å². The lowest BCUT2D eigenvalue weighted by Gasteiger charge is -2.19. The molecule has 31 heavy (non-hydrogen) atoms. The Balaban J connectivity index is 1.45. The molecule has 2 atom stereocenters. The van der Waals surface area contributed by atoms with Gasteiger partial charge in [0.15, 0.2) is 0 Å². The number of hydrogen-bond donors (Lipinski definition) is 2. The molecule has 2 heterocycles. The largest absolute Gasteiger partial charge is 0.346 e. The van der Waals surface area contributed by atoms with E-state index < -0.39 is 11.7 Å². The summed E-state index contributed by atoms with van der Waals surface area (Å²) in [5, 5.41) is 3.00. The van der Waals surface area contributed by atoms with Gasteiger partial charge in [-0.25, -0.2) is 9.37 Å². The van der Waals surface area contributed by atoms with Gasteiger partial charge in [-0.3, -0.25) is 9.59 Å². The number of H-pyrrole nitrogens is 1. The van der Waals surface area contributed by atoms with Gasteiger partial charge in [0.25, 0.3) is 0 Å². The summed E-state index contributed by atoms with van der Waals surface area (Å²) in [6.45, 7) is 3.91. The first kappa shape index (κ1) is 20.8. The van der Waals surface area contributed by atoms with Crippen LogP contribution >= 0.6 is 0 Å². The summed E-state index contributed by atoms with van der Waals surface area (Å²) in [7, 11) is 0.